The van der Waals surface area contributed by atoms with Crippen molar-refractivity contribution in [2.75, 3.05) is 6.54 Å². The Balaban J connectivity index is 2.51. The van der Waals surface area contributed by atoms with Gasteiger partial charge in [-0.25, -0.2) is 4.72 Å². The van der Waals surface area contributed by atoms with E-state index in [1.54, 1.807) is 0 Å². The van der Waals surface area contributed by atoms with E-state index in [0.717, 1.165) is 0 Å². The van der Waals surface area contributed by atoms with Gasteiger partial charge in [-0.15, -0.1) is 0 Å². The predicted octanol–water partition coefficient (Wildman–Crippen LogP) is 0.517. The zero-order chi connectivity index (χ0) is 6.91. The van der Waals surface area contributed by atoms with E-state index in [9.17, 15) is 4.79 Å². The Morgan fingerprint density at radius 3 is 2.78 bits per heavy atom. The van der Waals surface area contributed by atoms with Gasteiger partial charge in [0.15, 0.2) is 4.93 Å². The zero-order valence-electron chi connectivity index (χ0n) is 5.43. The first-order chi connectivity index (χ1) is 4.10. The van der Waals surface area contributed by atoms with Crippen molar-refractivity contribution < 1.29 is 9.53 Å². The first-order valence-corrected chi connectivity index (χ1v) is 3.54. The lowest BCUT2D eigenvalue weighted by Gasteiger charge is -2.28. The Morgan fingerprint density at radius 2 is 2.44 bits per heavy atom. The zero-order valence-corrected chi connectivity index (χ0v) is 6.25. The van der Waals surface area contributed by atoms with Crippen LogP contribution in [0, 0.1) is 0 Å². The summed E-state index contributed by atoms with van der Waals surface area (Å²) in [6.07, 6.45) is 0. The average Bonchev–Trinajstić information content (AvgIpc) is 1.60. The first-order valence-electron chi connectivity index (χ1n) is 2.73. The molecule has 0 saturated carbocycles. The van der Waals surface area contributed by atoms with Gasteiger partial charge in [0.05, 0.1) is 0 Å². The van der Waals surface area contributed by atoms with Crippen molar-refractivity contribution >= 4 is 17.9 Å². The summed E-state index contributed by atoms with van der Waals surface area (Å²) in [7, 11) is 0. The molecule has 3 nitrogen and oxygen atoms in total. The third-order valence-electron chi connectivity index (χ3n) is 0.894. The number of esters is 1. The number of carbonyl (C=O) groups excluding carboxylic acids is 1. The fraction of sp³-hybridized carbons (Fsp3) is 0.800. The summed E-state index contributed by atoms with van der Waals surface area (Å²) in [5, 5.41) is 0. The van der Waals surface area contributed by atoms with Crippen molar-refractivity contribution in [3.05, 3.63) is 0 Å². The molecule has 1 rings (SSSR count). The van der Waals surface area contributed by atoms with E-state index in [1.165, 1.54) is 11.9 Å². The molecule has 0 amide bonds. The largest absolute Gasteiger partial charge is 0.446 e. The monoisotopic (exact) mass is 147 g/mol. The van der Waals surface area contributed by atoms with E-state index in [-0.39, 0.29) is 5.97 Å². The van der Waals surface area contributed by atoms with Crippen molar-refractivity contribution in [1.29, 1.82) is 0 Å². The van der Waals surface area contributed by atoms with Crippen molar-refractivity contribution in [3.8, 4) is 0 Å². The minimum atomic E-state index is -0.394. The van der Waals surface area contributed by atoms with Crippen LogP contribution in [0.2, 0.25) is 0 Å². The molecule has 1 saturated heterocycles. The molecule has 0 radical (unpaired) electrons. The van der Waals surface area contributed by atoms with Gasteiger partial charge in [0.25, 0.3) is 0 Å². The number of nitrogens with one attached hydrogen (secondary N) is 1. The summed E-state index contributed by atoms with van der Waals surface area (Å²) >= 11 is 1.43. The summed E-state index contributed by atoms with van der Waals surface area (Å²) in [6.45, 7) is 4.01. The average molecular weight is 147 g/mol. The number of cyclic esters (lactones) is 1. The van der Waals surface area contributed by atoms with Gasteiger partial charge in [-0.05, 0) is 25.8 Å². The van der Waals surface area contributed by atoms with Gasteiger partial charge >= 0.3 is 5.97 Å². The standard InChI is InChI=1S/C5H9NO2S/c1-5(2)8-4(7)3-6-9-5/h6H,3H2,1-2H3. The maximum Gasteiger partial charge on any atom is 0.322 e. The number of rotatable bonds is 0. The van der Waals surface area contributed by atoms with Crippen LogP contribution in [0.15, 0.2) is 0 Å². The SMILES string of the molecule is CC1(C)OC(=O)CNS1. The van der Waals surface area contributed by atoms with E-state index in [4.69, 9.17) is 4.74 Å². The molecule has 0 aromatic carbocycles. The van der Waals surface area contributed by atoms with Gasteiger partial charge < -0.3 is 4.74 Å². The minimum absolute atomic E-state index is 0.182. The second kappa shape index (κ2) is 2.19. The normalized spacial score (nSPS) is 25.3. The van der Waals surface area contributed by atoms with Crippen LogP contribution in [0.25, 0.3) is 0 Å². The highest BCUT2D eigenvalue weighted by molar-refractivity contribution is 7.98. The van der Waals surface area contributed by atoms with E-state index in [1.807, 2.05) is 13.8 Å². The highest BCUT2D eigenvalue weighted by atomic mass is 32.2. The van der Waals surface area contributed by atoms with E-state index in [0.29, 0.717) is 6.54 Å². The molecule has 9 heavy (non-hydrogen) atoms. The van der Waals surface area contributed by atoms with Gasteiger partial charge in [0.1, 0.15) is 6.54 Å². The number of carbonyl (C=O) groups is 1. The highest BCUT2D eigenvalue weighted by Gasteiger charge is 2.27. The summed E-state index contributed by atoms with van der Waals surface area (Å²) in [5.41, 5.74) is 0. The number of hydrogen-bond donors (Lipinski definition) is 1. The number of ether oxygens (including phenoxy) is 1. The molecule has 1 aliphatic heterocycles. The van der Waals surface area contributed by atoms with Gasteiger partial charge in [0.2, 0.25) is 0 Å². The minimum Gasteiger partial charge on any atom is -0.446 e. The predicted molar refractivity (Wildman–Crippen MR) is 35.8 cm³/mol. The number of hydrogen-bond acceptors (Lipinski definition) is 4. The summed E-state index contributed by atoms with van der Waals surface area (Å²) < 4.78 is 7.80. The van der Waals surface area contributed by atoms with Crippen LogP contribution in [-0.2, 0) is 9.53 Å². The van der Waals surface area contributed by atoms with Crippen molar-refractivity contribution in [1.82, 2.24) is 4.72 Å². The molecule has 4 heteroatoms. The lowest BCUT2D eigenvalue weighted by molar-refractivity contribution is -0.149. The fourth-order valence-corrected chi connectivity index (χ4v) is 1.27. The smallest absolute Gasteiger partial charge is 0.322 e. The molecule has 1 aliphatic rings. The lowest BCUT2D eigenvalue weighted by atomic mass is 10.4. The fourth-order valence-electron chi connectivity index (χ4n) is 0.600. The van der Waals surface area contributed by atoms with Gasteiger partial charge in [-0.3, -0.25) is 4.79 Å². The summed E-state index contributed by atoms with van der Waals surface area (Å²) in [4.78, 5) is 10.2. The van der Waals surface area contributed by atoms with Crippen LogP contribution in [0.3, 0.4) is 0 Å². The molecule has 1 N–H and O–H groups in total. The second-order valence-corrected chi connectivity index (χ2v) is 3.77. The second-order valence-electron chi connectivity index (χ2n) is 2.30. The molecule has 0 unspecified atom stereocenters. The van der Waals surface area contributed by atoms with Crippen LogP contribution in [-0.4, -0.2) is 17.4 Å². The topological polar surface area (TPSA) is 38.3 Å². The van der Waals surface area contributed by atoms with E-state index < -0.39 is 4.93 Å². The third-order valence-corrected chi connectivity index (χ3v) is 1.76. The molecular formula is C5H9NO2S. The maximum absolute atomic E-state index is 10.6. The molecule has 0 aromatic heterocycles. The van der Waals surface area contributed by atoms with Crippen LogP contribution in [0.4, 0.5) is 0 Å². The summed E-state index contributed by atoms with van der Waals surface area (Å²) in [6, 6.07) is 0. The van der Waals surface area contributed by atoms with Gasteiger partial charge in [-0.1, -0.05) is 0 Å². The van der Waals surface area contributed by atoms with Crippen molar-refractivity contribution in [3.63, 3.8) is 0 Å². The van der Waals surface area contributed by atoms with Crippen LogP contribution < -0.4 is 4.72 Å². The molecule has 0 spiro atoms. The quantitative estimate of drug-likeness (QED) is 0.400. The Bertz CT molecular complexity index is 135. The molecule has 1 fully saturated rings. The van der Waals surface area contributed by atoms with E-state index >= 15 is 0 Å². The third kappa shape index (κ3) is 1.87. The lowest BCUT2D eigenvalue weighted by Crippen LogP contribution is -2.38. The Labute approximate surface area is 58.3 Å². The van der Waals surface area contributed by atoms with E-state index in [2.05, 4.69) is 4.72 Å². The first kappa shape index (κ1) is 6.89. The molecule has 0 aliphatic carbocycles. The maximum atomic E-state index is 10.6. The van der Waals surface area contributed by atoms with Crippen LogP contribution in [0.1, 0.15) is 13.8 Å². The molecule has 0 aromatic rings. The van der Waals surface area contributed by atoms with Crippen molar-refractivity contribution in [2.45, 2.75) is 18.8 Å². The Kier molecular flexibility index (Phi) is 1.68. The molecule has 0 atom stereocenters. The molecule has 0 bridgehead atoms. The summed E-state index contributed by atoms with van der Waals surface area (Å²) in [5.74, 6) is -0.182. The Morgan fingerprint density at radius 1 is 1.78 bits per heavy atom. The Hall–Kier alpha value is -0.220. The molecule has 1 heterocycles. The van der Waals surface area contributed by atoms with Crippen LogP contribution >= 0.6 is 11.9 Å². The van der Waals surface area contributed by atoms with Crippen molar-refractivity contribution in [2.24, 2.45) is 0 Å². The van der Waals surface area contributed by atoms with Gasteiger partial charge in [-0.2, -0.15) is 0 Å². The van der Waals surface area contributed by atoms with Gasteiger partial charge in [0, 0.05) is 0 Å². The molecular weight excluding hydrogens is 138 g/mol. The molecule has 52 valence electrons. The van der Waals surface area contributed by atoms with Crippen LogP contribution in [0.5, 0.6) is 0 Å². The highest BCUT2D eigenvalue weighted by Crippen LogP contribution is 2.25.